The highest BCUT2D eigenvalue weighted by atomic mass is 32.1. The van der Waals surface area contributed by atoms with E-state index in [4.69, 9.17) is 0 Å². The standard InChI is InChI=1S/C18H22N4O2S/c1-13(19-20-14-9-6-5-7-10-14)18(4)21(23)16(15-11-8-12-25-15)17(2,3)22(18)24/h5-12,20,24H,1-4H3/b19-13-/t18-/m1/s1. The summed E-state index contributed by atoms with van der Waals surface area (Å²) in [4.78, 5) is 0.839. The van der Waals surface area contributed by atoms with E-state index in [-0.39, 0.29) is 0 Å². The molecule has 2 N–H and O–H groups in total. The van der Waals surface area contributed by atoms with Crippen LogP contribution in [0.15, 0.2) is 52.9 Å². The van der Waals surface area contributed by atoms with E-state index >= 15 is 0 Å². The van der Waals surface area contributed by atoms with Gasteiger partial charge in [-0.05, 0) is 44.4 Å². The van der Waals surface area contributed by atoms with E-state index in [1.165, 1.54) is 11.3 Å². The van der Waals surface area contributed by atoms with Crippen LogP contribution >= 0.6 is 11.3 Å². The molecule has 1 aliphatic rings. The van der Waals surface area contributed by atoms with Crippen LogP contribution in [0.2, 0.25) is 0 Å². The van der Waals surface area contributed by atoms with E-state index < -0.39 is 11.2 Å². The van der Waals surface area contributed by atoms with Crippen molar-refractivity contribution in [1.29, 1.82) is 0 Å². The van der Waals surface area contributed by atoms with Crippen LogP contribution in [-0.4, -0.2) is 37.6 Å². The number of hydrogen-bond donors (Lipinski definition) is 2. The number of nitrogens with one attached hydrogen (secondary N) is 1. The Morgan fingerprint density at radius 2 is 1.88 bits per heavy atom. The fourth-order valence-corrected chi connectivity index (χ4v) is 3.98. The third-order valence-electron chi connectivity index (χ3n) is 4.69. The number of para-hydroxylation sites is 1. The molecule has 0 amide bonds. The van der Waals surface area contributed by atoms with E-state index in [0.717, 1.165) is 20.4 Å². The van der Waals surface area contributed by atoms with Crippen molar-refractivity contribution in [2.45, 2.75) is 38.9 Å². The summed E-state index contributed by atoms with van der Waals surface area (Å²) in [6, 6.07) is 13.3. The Hall–Kier alpha value is -2.22. The Morgan fingerprint density at radius 1 is 1.20 bits per heavy atom. The van der Waals surface area contributed by atoms with Crippen LogP contribution in [0, 0.1) is 5.21 Å². The third kappa shape index (κ3) is 2.74. The van der Waals surface area contributed by atoms with Crippen molar-refractivity contribution < 1.29 is 9.95 Å². The van der Waals surface area contributed by atoms with Crippen LogP contribution in [0.5, 0.6) is 0 Å². The van der Waals surface area contributed by atoms with Crippen LogP contribution in [0.1, 0.15) is 32.6 Å². The van der Waals surface area contributed by atoms with Gasteiger partial charge in [-0.15, -0.1) is 16.4 Å². The molecule has 0 spiro atoms. The van der Waals surface area contributed by atoms with Crippen LogP contribution < -0.4 is 5.43 Å². The first-order valence-corrected chi connectivity index (χ1v) is 8.91. The summed E-state index contributed by atoms with van der Waals surface area (Å²) in [5.41, 5.74) is 2.61. The van der Waals surface area contributed by atoms with Gasteiger partial charge in [-0.3, -0.25) is 5.43 Å². The Kier molecular flexibility index (Phi) is 4.40. The number of hydroxylamine groups is 3. The van der Waals surface area contributed by atoms with Crippen molar-refractivity contribution in [2.24, 2.45) is 5.10 Å². The van der Waals surface area contributed by atoms with Gasteiger partial charge in [-0.25, -0.2) is 0 Å². The minimum Gasteiger partial charge on any atom is -0.622 e. The van der Waals surface area contributed by atoms with E-state index in [1.54, 1.807) is 13.8 Å². The van der Waals surface area contributed by atoms with E-state index in [9.17, 15) is 10.4 Å². The van der Waals surface area contributed by atoms with Crippen molar-refractivity contribution in [1.82, 2.24) is 5.06 Å². The predicted octanol–water partition coefficient (Wildman–Crippen LogP) is 3.74. The maximum Gasteiger partial charge on any atom is 0.289 e. The topological polar surface area (TPSA) is 73.9 Å². The quantitative estimate of drug-likeness (QED) is 0.378. The Labute approximate surface area is 151 Å². The smallest absolute Gasteiger partial charge is 0.289 e. The number of thiophene rings is 1. The van der Waals surface area contributed by atoms with E-state index in [0.29, 0.717) is 11.4 Å². The number of hydrazone groups is 1. The summed E-state index contributed by atoms with van der Waals surface area (Å²) in [7, 11) is 0. The molecule has 2 aromatic rings. The second-order valence-corrected chi connectivity index (χ2v) is 7.63. The van der Waals surface area contributed by atoms with Crippen molar-refractivity contribution in [3.8, 4) is 0 Å². The van der Waals surface area contributed by atoms with Crippen LogP contribution in [0.25, 0.3) is 0 Å². The molecule has 1 atom stereocenters. The number of benzene rings is 1. The molecule has 1 aromatic heterocycles. The highest BCUT2D eigenvalue weighted by Gasteiger charge is 2.61. The molecular formula is C18H22N4O2S. The number of hydrogen-bond acceptors (Lipinski definition) is 6. The summed E-state index contributed by atoms with van der Waals surface area (Å²) < 4.78 is 0.865. The minimum atomic E-state index is -1.30. The monoisotopic (exact) mass is 358 g/mol. The molecule has 0 aliphatic carbocycles. The maximum absolute atomic E-state index is 13.2. The molecule has 0 saturated heterocycles. The van der Waals surface area contributed by atoms with Crippen molar-refractivity contribution >= 4 is 28.4 Å². The first kappa shape index (κ1) is 17.6. The fraction of sp³-hybridized carbons (Fsp3) is 0.333. The summed E-state index contributed by atoms with van der Waals surface area (Å²) in [6.07, 6.45) is 0. The zero-order valence-corrected chi connectivity index (χ0v) is 15.5. The third-order valence-corrected chi connectivity index (χ3v) is 5.56. The molecule has 0 unspecified atom stereocenters. The lowest BCUT2D eigenvalue weighted by molar-refractivity contribution is -0.560. The maximum atomic E-state index is 13.2. The zero-order chi connectivity index (χ0) is 18.2. The van der Waals surface area contributed by atoms with Gasteiger partial charge >= 0.3 is 0 Å². The minimum absolute atomic E-state index is 0.466. The highest BCUT2D eigenvalue weighted by molar-refractivity contribution is 7.12. The van der Waals surface area contributed by atoms with Crippen molar-refractivity contribution in [2.75, 3.05) is 5.43 Å². The first-order valence-electron chi connectivity index (χ1n) is 8.03. The van der Waals surface area contributed by atoms with E-state index in [2.05, 4.69) is 10.5 Å². The van der Waals surface area contributed by atoms with Crippen molar-refractivity contribution in [3.05, 3.63) is 57.9 Å². The van der Waals surface area contributed by atoms with Gasteiger partial charge in [0.05, 0.1) is 10.6 Å². The van der Waals surface area contributed by atoms with Crippen LogP contribution in [-0.2, 0) is 0 Å². The van der Waals surface area contributed by atoms with Gasteiger partial charge in [-0.1, -0.05) is 24.3 Å². The summed E-state index contributed by atoms with van der Waals surface area (Å²) in [5.74, 6) is 0. The molecule has 132 valence electrons. The van der Waals surface area contributed by atoms with Gasteiger partial charge in [0, 0.05) is 6.92 Å². The molecule has 6 nitrogen and oxygen atoms in total. The average Bonchev–Trinajstić information content (AvgIpc) is 3.16. The summed E-state index contributed by atoms with van der Waals surface area (Å²) >= 11 is 1.48. The van der Waals surface area contributed by atoms with E-state index in [1.807, 2.05) is 61.7 Å². The molecule has 2 heterocycles. The highest BCUT2D eigenvalue weighted by Crippen LogP contribution is 2.37. The Morgan fingerprint density at radius 3 is 2.48 bits per heavy atom. The predicted molar refractivity (Wildman–Crippen MR) is 101 cm³/mol. The average molecular weight is 358 g/mol. The molecule has 1 aliphatic heterocycles. The van der Waals surface area contributed by atoms with Gasteiger partial charge in [0.1, 0.15) is 11.3 Å². The Balaban J connectivity index is 2.01. The SMILES string of the molecule is C/C(=N/Nc1ccccc1)[C@@]1(C)N(O)C(C)(C)C(c2cccs2)=[N+]1[O-]. The van der Waals surface area contributed by atoms with Gasteiger partial charge in [-0.2, -0.15) is 9.84 Å². The van der Waals surface area contributed by atoms with Crippen molar-refractivity contribution in [3.63, 3.8) is 0 Å². The van der Waals surface area contributed by atoms with Gasteiger partial charge in [0.25, 0.3) is 5.66 Å². The normalized spacial score (nSPS) is 24.0. The summed E-state index contributed by atoms with van der Waals surface area (Å²) in [6.45, 7) is 7.07. The number of anilines is 1. The van der Waals surface area contributed by atoms with Crippen LogP contribution in [0.4, 0.5) is 5.69 Å². The van der Waals surface area contributed by atoms with Gasteiger partial charge in [0.2, 0.25) is 5.71 Å². The molecule has 7 heteroatoms. The fourth-order valence-electron chi connectivity index (χ4n) is 3.08. The van der Waals surface area contributed by atoms with Gasteiger partial charge < -0.3 is 10.4 Å². The molecule has 1 aromatic carbocycles. The first-order chi connectivity index (χ1) is 11.8. The molecule has 3 rings (SSSR count). The largest absolute Gasteiger partial charge is 0.622 e. The Bertz CT molecular complexity index is 815. The number of rotatable bonds is 4. The second-order valence-electron chi connectivity index (χ2n) is 6.69. The zero-order valence-electron chi connectivity index (χ0n) is 14.7. The lowest BCUT2D eigenvalue weighted by atomic mass is 9.97. The molecular weight excluding hydrogens is 336 g/mol. The molecule has 0 fully saturated rings. The molecule has 25 heavy (non-hydrogen) atoms. The lowest BCUT2D eigenvalue weighted by Crippen LogP contribution is -2.57. The van der Waals surface area contributed by atoms with Gasteiger partial charge in [0.15, 0.2) is 0 Å². The molecule has 0 bridgehead atoms. The lowest BCUT2D eigenvalue weighted by Gasteiger charge is -2.32. The second kappa shape index (κ2) is 6.25. The van der Waals surface area contributed by atoms with Crippen LogP contribution in [0.3, 0.4) is 0 Å². The molecule has 0 saturated carbocycles. The number of nitrogens with zero attached hydrogens (tertiary/aromatic N) is 3. The molecule has 0 radical (unpaired) electrons. The summed E-state index contributed by atoms with van der Waals surface area (Å²) in [5, 5.41) is 31.4.